The quantitative estimate of drug-likeness (QED) is 0.684. The smallest absolute Gasteiger partial charge is 0.368 e. The van der Waals surface area contributed by atoms with Crippen LogP contribution in [0.5, 0.6) is 0 Å². The Morgan fingerprint density at radius 1 is 1.36 bits per heavy atom. The van der Waals surface area contributed by atoms with E-state index in [0.717, 1.165) is 6.07 Å². The van der Waals surface area contributed by atoms with E-state index in [-0.39, 0.29) is 30.6 Å². The van der Waals surface area contributed by atoms with Crippen molar-refractivity contribution in [2.75, 3.05) is 24.2 Å². The molecule has 0 aromatic carbocycles. The third kappa shape index (κ3) is 6.25. The van der Waals surface area contributed by atoms with Crippen molar-refractivity contribution in [1.82, 2.24) is 20.4 Å². The van der Waals surface area contributed by atoms with Crippen LogP contribution in [0.1, 0.15) is 17.3 Å². The number of hydrogen-bond acceptors (Lipinski definition) is 7. The maximum absolute atomic E-state index is 12.8. The topological polar surface area (TPSA) is 92.9 Å². The monoisotopic (exact) mass is 375 g/mol. The van der Waals surface area contributed by atoms with E-state index < -0.39 is 11.7 Å². The summed E-state index contributed by atoms with van der Waals surface area (Å²) in [4.78, 5) is 19.3. The summed E-state index contributed by atoms with van der Waals surface area (Å²) < 4.78 is 43.2. The summed E-state index contributed by atoms with van der Waals surface area (Å²) in [5, 5.41) is 8.88. The second-order valence-corrected chi connectivity index (χ2v) is 5.88. The molecule has 0 fully saturated rings. The van der Waals surface area contributed by atoms with Gasteiger partial charge in [0.25, 0.3) is 0 Å². The van der Waals surface area contributed by atoms with Gasteiger partial charge in [-0.05, 0) is 12.1 Å². The van der Waals surface area contributed by atoms with Crippen LogP contribution in [0.15, 0.2) is 22.9 Å². The molecule has 0 saturated carbocycles. The van der Waals surface area contributed by atoms with Crippen LogP contribution in [0.3, 0.4) is 0 Å². The zero-order valence-corrected chi connectivity index (χ0v) is 14.1. The molecule has 0 bridgehead atoms. The summed E-state index contributed by atoms with van der Waals surface area (Å²) in [6.45, 7) is 1.97. The Morgan fingerprint density at radius 3 is 2.84 bits per heavy atom. The molecule has 2 rings (SSSR count). The molecule has 25 heavy (non-hydrogen) atoms. The fourth-order valence-electron chi connectivity index (χ4n) is 1.84. The molecule has 1 amide bonds. The lowest BCUT2D eigenvalue weighted by Crippen LogP contribution is -2.30. The molecule has 0 unspecified atom stereocenters. The number of halogens is 3. The number of carbonyl (C=O) groups excluding carboxylic acids is 1. The van der Waals surface area contributed by atoms with Crippen LogP contribution in [0.2, 0.25) is 0 Å². The van der Waals surface area contributed by atoms with E-state index in [1.807, 2.05) is 0 Å². The fraction of sp³-hybridized carbons (Fsp3) is 0.429. The average Bonchev–Trinajstić information content (AvgIpc) is 2.96. The maximum Gasteiger partial charge on any atom is 0.419 e. The van der Waals surface area contributed by atoms with E-state index in [9.17, 15) is 18.0 Å². The van der Waals surface area contributed by atoms with Crippen molar-refractivity contribution in [3.63, 3.8) is 0 Å². The van der Waals surface area contributed by atoms with Crippen LogP contribution in [0.4, 0.5) is 19.0 Å². The van der Waals surface area contributed by atoms with Crippen LogP contribution in [0, 0.1) is 6.92 Å². The lowest BCUT2D eigenvalue weighted by molar-refractivity contribution is -0.137. The van der Waals surface area contributed by atoms with Gasteiger partial charge in [0.2, 0.25) is 11.8 Å². The number of thioether (sulfide) groups is 1. The lowest BCUT2D eigenvalue weighted by atomic mass is 10.2. The largest absolute Gasteiger partial charge is 0.419 e. The van der Waals surface area contributed by atoms with E-state index in [1.165, 1.54) is 24.0 Å². The first-order valence-corrected chi connectivity index (χ1v) is 8.41. The van der Waals surface area contributed by atoms with Gasteiger partial charge >= 0.3 is 6.18 Å². The van der Waals surface area contributed by atoms with Gasteiger partial charge < -0.3 is 15.2 Å². The van der Waals surface area contributed by atoms with Gasteiger partial charge in [-0.2, -0.15) is 18.2 Å². The normalized spacial score (nSPS) is 11.4. The van der Waals surface area contributed by atoms with Crippen molar-refractivity contribution in [3.8, 4) is 0 Å². The Balaban J connectivity index is 1.66. The van der Waals surface area contributed by atoms with E-state index in [4.69, 9.17) is 4.52 Å². The molecule has 2 aromatic rings. The fourth-order valence-corrected chi connectivity index (χ4v) is 2.53. The Kier molecular flexibility index (Phi) is 6.62. The van der Waals surface area contributed by atoms with Crippen molar-refractivity contribution >= 4 is 23.5 Å². The lowest BCUT2D eigenvalue weighted by Gasteiger charge is -2.13. The Labute approximate surface area is 145 Å². The standard InChI is InChI=1S/C14H16F3N5O2S/c1-9-21-11(22-24-9)7-25-8-12(23)18-5-6-20-13-10(14(15,16)17)3-2-4-19-13/h2-4H,5-8H2,1H3,(H,18,23)(H,19,20). The average molecular weight is 375 g/mol. The number of nitrogens with zero attached hydrogens (tertiary/aromatic N) is 3. The third-order valence-electron chi connectivity index (χ3n) is 2.89. The van der Waals surface area contributed by atoms with Crippen molar-refractivity contribution in [2.45, 2.75) is 18.9 Å². The minimum atomic E-state index is -4.48. The number of alkyl halides is 3. The highest BCUT2D eigenvalue weighted by atomic mass is 32.2. The molecule has 0 aliphatic heterocycles. The first-order valence-electron chi connectivity index (χ1n) is 7.26. The molecule has 0 spiro atoms. The minimum Gasteiger partial charge on any atom is -0.368 e. The number of pyridine rings is 1. The molecule has 11 heteroatoms. The molecular formula is C14H16F3N5O2S. The first kappa shape index (κ1) is 19.0. The Hall–Kier alpha value is -2.30. The van der Waals surface area contributed by atoms with Crippen LogP contribution in [-0.2, 0) is 16.7 Å². The van der Waals surface area contributed by atoms with Crippen molar-refractivity contribution < 1.29 is 22.5 Å². The summed E-state index contributed by atoms with van der Waals surface area (Å²) in [5.74, 6) is 1.09. The number of hydrogen-bond donors (Lipinski definition) is 2. The zero-order chi connectivity index (χ0) is 18.3. The summed E-state index contributed by atoms with van der Waals surface area (Å²) in [5.41, 5.74) is -0.840. The van der Waals surface area contributed by atoms with Gasteiger partial charge in [-0.3, -0.25) is 4.79 Å². The Bertz CT molecular complexity index is 708. The number of rotatable bonds is 8. The second kappa shape index (κ2) is 8.70. The van der Waals surface area contributed by atoms with E-state index in [2.05, 4.69) is 25.8 Å². The predicted octanol–water partition coefficient (Wildman–Crippen LogP) is 2.25. The molecule has 0 saturated heterocycles. The molecule has 0 atom stereocenters. The van der Waals surface area contributed by atoms with E-state index in [0.29, 0.717) is 17.5 Å². The maximum atomic E-state index is 12.8. The number of aromatic nitrogens is 3. The zero-order valence-electron chi connectivity index (χ0n) is 13.3. The highest BCUT2D eigenvalue weighted by Crippen LogP contribution is 2.33. The van der Waals surface area contributed by atoms with Gasteiger partial charge in [0, 0.05) is 26.2 Å². The van der Waals surface area contributed by atoms with Crippen LogP contribution >= 0.6 is 11.8 Å². The number of carbonyl (C=O) groups is 1. The van der Waals surface area contributed by atoms with Gasteiger partial charge in [-0.25, -0.2) is 4.98 Å². The molecule has 136 valence electrons. The van der Waals surface area contributed by atoms with Crippen molar-refractivity contribution in [1.29, 1.82) is 0 Å². The number of anilines is 1. The molecule has 0 aliphatic carbocycles. The number of nitrogens with one attached hydrogen (secondary N) is 2. The van der Waals surface area contributed by atoms with Crippen molar-refractivity contribution in [3.05, 3.63) is 35.6 Å². The first-order chi connectivity index (χ1) is 11.9. The molecule has 2 heterocycles. The van der Waals surface area contributed by atoms with E-state index >= 15 is 0 Å². The molecule has 0 radical (unpaired) electrons. The van der Waals surface area contributed by atoms with Gasteiger partial charge in [-0.15, -0.1) is 11.8 Å². The SMILES string of the molecule is Cc1nc(CSCC(=O)NCCNc2ncccc2C(F)(F)F)no1. The number of aryl methyl sites for hydroxylation is 1. The van der Waals surface area contributed by atoms with Crippen LogP contribution in [-0.4, -0.2) is 39.9 Å². The van der Waals surface area contributed by atoms with Gasteiger partial charge in [0.15, 0.2) is 5.82 Å². The van der Waals surface area contributed by atoms with Gasteiger partial charge in [0.05, 0.1) is 17.1 Å². The second-order valence-electron chi connectivity index (χ2n) is 4.90. The Morgan fingerprint density at radius 2 is 2.16 bits per heavy atom. The highest BCUT2D eigenvalue weighted by molar-refractivity contribution is 7.99. The summed E-state index contributed by atoms with van der Waals surface area (Å²) in [6.07, 6.45) is -3.21. The minimum absolute atomic E-state index is 0.126. The van der Waals surface area contributed by atoms with Gasteiger partial charge in [-0.1, -0.05) is 5.16 Å². The summed E-state index contributed by atoms with van der Waals surface area (Å²) in [7, 11) is 0. The molecule has 7 nitrogen and oxygen atoms in total. The van der Waals surface area contributed by atoms with Crippen LogP contribution < -0.4 is 10.6 Å². The van der Waals surface area contributed by atoms with E-state index in [1.54, 1.807) is 6.92 Å². The van der Waals surface area contributed by atoms with Crippen molar-refractivity contribution in [2.24, 2.45) is 0 Å². The summed E-state index contributed by atoms with van der Waals surface area (Å²) in [6, 6.07) is 2.17. The van der Waals surface area contributed by atoms with Gasteiger partial charge in [0.1, 0.15) is 5.82 Å². The van der Waals surface area contributed by atoms with Crippen LogP contribution in [0.25, 0.3) is 0 Å². The molecule has 0 aliphatic rings. The predicted molar refractivity (Wildman–Crippen MR) is 85.9 cm³/mol. The molecular weight excluding hydrogens is 359 g/mol. The summed E-state index contributed by atoms with van der Waals surface area (Å²) >= 11 is 1.31. The molecule has 2 N–H and O–H groups in total. The highest BCUT2D eigenvalue weighted by Gasteiger charge is 2.33. The third-order valence-corrected chi connectivity index (χ3v) is 3.82. The molecule has 2 aromatic heterocycles. The number of amides is 1.